The Hall–Kier alpha value is -2.25. The number of nitrogens with zero attached hydrogens (tertiary/aromatic N) is 1. The van der Waals surface area contributed by atoms with Crippen LogP contribution in [-0.2, 0) is 16.5 Å². The van der Waals surface area contributed by atoms with E-state index in [2.05, 4.69) is 0 Å². The number of nitro benzene ring substituents is 1. The van der Waals surface area contributed by atoms with E-state index in [9.17, 15) is 18.5 Å². The lowest BCUT2D eigenvalue weighted by molar-refractivity contribution is -0.388. The molecule has 7 heteroatoms. The molecule has 6 nitrogen and oxygen atoms in total. The van der Waals surface area contributed by atoms with E-state index < -0.39 is 25.6 Å². The van der Waals surface area contributed by atoms with Gasteiger partial charge in [0.25, 0.3) is 5.69 Å². The Kier molecular flexibility index (Phi) is 4.06. The Morgan fingerprint density at radius 3 is 2.29 bits per heavy atom. The summed E-state index contributed by atoms with van der Waals surface area (Å²) < 4.78 is 31.8. The Bertz CT molecular complexity index is 785. The van der Waals surface area contributed by atoms with Gasteiger partial charge in [-0.3, -0.25) is 14.7 Å². The molecule has 21 heavy (non-hydrogen) atoms. The van der Waals surface area contributed by atoms with Crippen LogP contribution in [0.1, 0.15) is 16.7 Å². The summed E-state index contributed by atoms with van der Waals surface area (Å²) in [6.07, 6.45) is 0.215. The summed E-state index contributed by atoms with van der Waals surface area (Å²) in [4.78, 5) is 9.82. The van der Waals surface area contributed by atoms with Gasteiger partial charge in [0.2, 0.25) is 0 Å². The molecule has 0 saturated carbocycles. The van der Waals surface area contributed by atoms with Crippen molar-refractivity contribution in [1.82, 2.24) is 0 Å². The lowest BCUT2D eigenvalue weighted by Crippen LogP contribution is -2.08. The highest BCUT2D eigenvalue weighted by Crippen LogP contribution is 2.32. The minimum absolute atomic E-state index is 0.215. The fourth-order valence-corrected chi connectivity index (χ4v) is 2.83. The third-order valence-corrected chi connectivity index (χ3v) is 4.05. The Balaban J connectivity index is 2.67. The molecule has 0 heterocycles. The molecule has 0 aliphatic heterocycles. The molecule has 110 valence electrons. The summed E-state index contributed by atoms with van der Waals surface area (Å²) in [7, 11) is -4.65. The molecule has 1 N–H and O–H groups in total. The molecule has 0 saturated heterocycles. The maximum absolute atomic E-state index is 11.3. The molecule has 0 aliphatic rings. The first-order valence-corrected chi connectivity index (χ1v) is 7.53. The van der Waals surface area contributed by atoms with Crippen LogP contribution < -0.4 is 0 Å². The number of nitro groups is 1. The highest BCUT2D eigenvalue weighted by molar-refractivity contribution is 7.86. The average molecular weight is 307 g/mol. The van der Waals surface area contributed by atoms with Crippen molar-refractivity contribution in [2.45, 2.75) is 18.2 Å². The third-order valence-electron chi connectivity index (χ3n) is 3.16. The summed E-state index contributed by atoms with van der Waals surface area (Å²) >= 11 is 0. The predicted octanol–water partition coefficient (Wildman–Crippen LogP) is 2.74. The van der Waals surface area contributed by atoms with Gasteiger partial charge in [-0.25, -0.2) is 0 Å². The normalized spacial score (nSPS) is 11.3. The van der Waals surface area contributed by atoms with Crippen molar-refractivity contribution < 1.29 is 17.9 Å². The number of rotatable bonds is 4. The summed E-state index contributed by atoms with van der Waals surface area (Å²) in [5, 5.41) is 11.3. The molecule has 0 atom stereocenters. The van der Waals surface area contributed by atoms with Gasteiger partial charge in [-0.1, -0.05) is 36.4 Å². The van der Waals surface area contributed by atoms with E-state index in [1.54, 1.807) is 31.2 Å². The highest BCUT2D eigenvalue weighted by Gasteiger charge is 2.28. The first-order chi connectivity index (χ1) is 9.80. The Morgan fingerprint density at radius 1 is 1.14 bits per heavy atom. The first kappa shape index (κ1) is 15.1. The lowest BCUT2D eigenvalue weighted by atomic mass is 9.99. The summed E-state index contributed by atoms with van der Waals surface area (Å²) in [5.41, 5.74) is 1.12. The molecule has 0 bridgehead atoms. The molecule has 2 aromatic rings. The van der Waals surface area contributed by atoms with Crippen LogP contribution >= 0.6 is 0 Å². The molecule has 0 unspecified atom stereocenters. The quantitative estimate of drug-likeness (QED) is 0.532. The van der Waals surface area contributed by atoms with Crippen molar-refractivity contribution in [2.75, 3.05) is 0 Å². The molecular formula is C14H13NO5S. The third kappa shape index (κ3) is 3.26. The fraction of sp³-hybridized carbons (Fsp3) is 0.143. The molecule has 2 aromatic carbocycles. The van der Waals surface area contributed by atoms with Gasteiger partial charge < -0.3 is 0 Å². The molecule has 0 amide bonds. The summed E-state index contributed by atoms with van der Waals surface area (Å²) in [5.74, 6) is 0. The van der Waals surface area contributed by atoms with E-state index in [0.29, 0.717) is 5.56 Å². The fourth-order valence-electron chi connectivity index (χ4n) is 2.15. The van der Waals surface area contributed by atoms with Gasteiger partial charge in [-0.15, -0.1) is 0 Å². The van der Waals surface area contributed by atoms with Crippen molar-refractivity contribution >= 4 is 15.8 Å². The number of hydrogen-bond donors (Lipinski definition) is 1. The smallest absolute Gasteiger partial charge is 0.282 e. The second-order valence-electron chi connectivity index (χ2n) is 4.60. The van der Waals surface area contributed by atoms with E-state index in [1.165, 1.54) is 6.07 Å². The Morgan fingerprint density at radius 2 is 1.76 bits per heavy atom. The van der Waals surface area contributed by atoms with Crippen LogP contribution in [0, 0.1) is 17.0 Å². The second kappa shape index (κ2) is 5.63. The van der Waals surface area contributed by atoms with Crippen molar-refractivity contribution in [1.29, 1.82) is 0 Å². The SMILES string of the molecule is Cc1ccc(S(=O)(=O)O)c([N+](=O)[O-])c1Cc1ccccc1. The molecule has 2 rings (SSSR count). The van der Waals surface area contributed by atoms with E-state index in [0.717, 1.165) is 11.6 Å². The van der Waals surface area contributed by atoms with Gasteiger partial charge >= 0.3 is 10.1 Å². The van der Waals surface area contributed by atoms with Crippen molar-refractivity contribution in [3.63, 3.8) is 0 Å². The zero-order chi connectivity index (χ0) is 15.6. The highest BCUT2D eigenvalue weighted by atomic mass is 32.2. The number of aryl methyl sites for hydroxylation is 1. The topological polar surface area (TPSA) is 97.5 Å². The number of hydrogen-bond acceptors (Lipinski definition) is 4. The zero-order valence-electron chi connectivity index (χ0n) is 11.2. The molecule has 0 aliphatic carbocycles. The van der Waals surface area contributed by atoms with E-state index in [-0.39, 0.29) is 12.0 Å². The van der Waals surface area contributed by atoms with Crippen LogP contribution in [0.25, 0.3) is 0 Å². The van der Waals surface area contributed by atoms with Crippen LogP contribution in [-0.4, -0.2) is 17.9 Å². The van der Waals surface area contributed by atoms with Crippen LogP contribution in [0.3, 0.4) is 0 Å². The van der Waals surface area contributed by atoms with E-state index in [1.807, 2.05) is 6.07 Å². The molecule has 0 aromatic heterocycles. The van der Waals surface area contributed by atoms with E-state index >= 15 is 0 Å². The van der Waals surface area contributed by atoms with Gasteiger partial charge in [0.1, 0.15) is 0 Å². The molecule has 0 radical (unpaired) electrons. The monoisotopic (exact) mass is 307 g/mol. The molecular weight excluding hydrogens is 294 g/mol. The van der Waals surface area contributed by atoms with Gasteiger partial charge in [0.05, 0.1) is 4.92 Å². The van der Waals surface area contributed by atoms with Crippen LogP contribution in [0.5, 0.6) is 0 Å². The minimum atomic E-state index is -4.65. The van der Waals surface area contributed by atoms with Crippen molar-refractivity contribution in [3.8, 4) is 0 Å². The Labute approximate surface area is 121 Å². The second-order valence-corrected chi connectivity index (χ2v) is 5.99. The number of benzene rings is 2. The first-order valence-electron chi connectivity index (χ1n) is 6.09. The van der Waals surface area contributed by atoms with Crippen molar-refractivity contribution in [2.24, 2.45) is 0 Å². The lowest BCUT2D eigenvalue weighted by Gasteiger charge is -2.09. The molecule has 0 fully saturated rings. The largest absolute Gasteiger partial charge is 0.301 e. The van der Waals surface area contributed by atoms with Crippen molar-refractivity contribution in [3.05, 3.63) is 69.3 Å². The predicted molar refractivity (Wildman–Crippen MR) is 76.9 cm³/mol. The van der Waals surface area contributed by atoms with Crippen LogP contribution in [0.4, 0.5) is 5.69 Å². The maximum atomic E-state index is 11.3. The standard InChI is InChI=1S/C14H13NO5S/c1-10-7-8-13(21(18,19)20)14(15(16)17)12(10)9-11-5-3-2-4-6-11/h2-8H,9H2,1H3,(H,18,19,20). The summed E-state index contributed by atoms with van der Waals surface area (Å²) in [6, 6.07) is 11.5. The van der Waals surface area contributed by atoms with Gasteiger partial charge in [-0.2, -0.15) is 8.42 Å². The van der Waals surface area contributed by atoms with Crippen LogP contribution in [0.15, 0.2) is 47.4 Å². The average Bonchev–Trinajstić information content (AvgIpc) is 2.40. The zero-order valence-corrected chi connectivity index (χ0v) is 12.0. The summed E-state index contributed by atoms with van der Waals surface area (Å²) in [6.45, 7) is 1.67. The van der Waals surface area contributed by atoms with Gasteiger partial charge in [-0.05, 0) is 24.1 Å². The van der Waals surface area contributed by atoms with Gasteiger partial charge in [0, 0.05) is 12.0 Å². The maximum Gasteiger partial charge on any atom is 0.301 e. The molecule has 0 spiro atoms. The van der Waals surface area contributed by atoms with E-state index in [4.69, 9.17) is 4.55 Å². The minimum Gasteiger partial charge on any atom is -0.282 e. The van der Waals surface area contributed by atoms with Crippen LogP contribution in [0.2, 0.25) is 0 Å². The van der Waals surface area contributed by atoms with Gasteiger partial charge in [0.15, 0.2) is 4.90 Å².